The Morgan fingerprint density at radius 3 is 2.67 bits per heavy atom. The molecule has 0 atom stereocenters. The SMILES string of the molecule is Cc1ccc(C)c(-c2c[nH]c(C#N)c2)c1. The lowest BCUT2D eigenvalue weighted by Crippen LogP contribution is -1.82. The summed E-state index contributed by atoms with van der Waals surface area (Å²) in [5.41, 5.74) is 5.32. The monoisotopic (exact) mass is 196 g/mol. The van der Waals surface area contributed by atoms with E-state index in [1.807, 2.05) is 12.3 Å². The van der Waals surface area contributed by atoms with Crippen molar-refractivity contribution in [2.45, 2.75) is 13.8 Å². The van der Waals surface area contributed by atoms with Gasteiger partial charge in [-0.15, -0.1) is 0 Å². The Balaban J connectivity index is 2.54. The Morgan fingerprint density at radius 2 is 2.00 bits per heavy atom. The number of aromatic amines is 1. The Kier molecular flexibility index (Phi) is 2.31. The van der Waals surface area contributed by atoms with Gasteiger partial charge in [0.15, 0.2) is 0 Å². The molecule has 1 aromatic carbocycles. The van der Waals surface area contributed by atoms with E-state index >= 15 is 0 Å². The predicted molar refractivity (Wildman–Crippen MR) is 60.4 cm³/mol. The van der Waals surface area contributed by atoms with Crippen LogP contribution in [0.15, 0.2) is 30.5 Å². The summed E-state index contributed by atoms with van der Waals surface area (Å²) in [7, 11) is 0. The topological polar surface area (TPSA) is 39.6 Å². The quantitative estimate of drug-likeness (QED) is 0.747. The first-order valence-corrected chi connectivity index (χ1v) is 4.87. The van der Waals surface area contributed by atoms with E-state index < -0.39 is 0 Å². The van der Waals surface area contributed by atoms with Gasteiger partial charge in [-0.05, 0) is 31.0 Å². The number of aryl methyl sites for hydroxylation is 2. The highest BCUT2D eigenvalue weighted by molar-refractivity contribution is 5.68. The van der Waals surface area contributed by atoms with E-state index in [0.29, 0.717) is 5.69 Å². The minimum Gasteiger partial charge on any atom is -0.353 e. The lowest BCUT2D eigenvalue weighted by molar-refractivity contribution is 1.33. The van der Waals surface area contributed by atoms with Crippen LogP contribution in [0.3, 0.4) is 0 Å². The number of nitriles is 1. The first-order chi connectivity index (χ1) is 7.20. The molecule has 1 heterocycles. The van der Waals surface area contributed by atoms with Gasteiger partial charge >= 0.3 is 0 Å². The van der Waals surface area contributed by atoms with E-state index in [4.69, 9.17) is 5.26 Å². The Hall–Kier alpha value is -2.01. The first-order valence-electron chi connectivity index (χ1n) is 4.87. The molecular weight excluding hydrogens is 184 g/mol. The molecule has 2 nitrogen and oxygen atoms in total. The molecule has 0 aliphatic heterocycles. The summed E-state index contributed by atoms with van der Waals surface area (Å²) in [6.07, 6.45) is 1.88. The molecule has 74 valence electrons. The molecule has 15 heavy (non-hydrogen) atoms. The van der Waals surface area contributed by atoms with Gasteiger partial charge in [-0.1, -0.05) is 23.8 Å². The summed E-state index contributed by atoms with van der Waals surface area (Å²) in [5, 5.41) is 8.74. The van der Waals surface area contributed by atoms with Crippen LogP contribution in [0.25, 0.3) is 11.1 Å². The third kappa shape index (κ3) is 1.77. The number of nitrogens with zero attached hydrogens (tertiary/aromatic N) is 1. The smallest absolute Gasteiger partial charge is 0.118 e. The van der Waals surface area contributed by atoms with Gasteiger partial charge < -0.3 is 4.98 Å². The maximum atomic E-state index is 8.74. The average Bonchev–Trinajstić information content (AvgIpc) is 2.70. The number of nitrogens with one attached hydrogen (secondary N) is 1. The van der Waals surface area contributed by atoms with Crippen LogP contribution < -0.4 is 0 Å². The van der Waals surface area contributed by atoms with Gasteiger partial charge in [-0.3, -0.25) is 0 Å². The van der Waals surface area contributed by atoms with E-state index in [-0.39, 0.29) is 0 Å². The number of aromatic nitrogens is 1. The van der Waals surface area contributed by atoms with Gasteiger partial charge in [-0.25, -0.2) is 0 Å². The summed E-state index contributed by atoms with van der Waals surface area (Å²) < 4.78 is 0. The fourth-order valence-corrected chi connectivity index (χ4v) is 1.66. The van der Waals surface area contributed by atoms with Crippen LogP contribution in [0.1, 0.15) is 16.8 Å². The maximum Gasteiger partial charge on any atom is 0.118 e. The molecule has 1 aromatic heterocycles. The maximum absolute atomic E-state index is 8.74. The minimum absolute atomic E-state index is 0.603. The zero-order valence-electron chi connectivity index (χ0n) is 8.83. The van der Waals surface area contributed by atoms with E-state index in [1.54, 1.807) is 0 Å². The van der Waals surface area contributed by atoms with Gasteiger partial charge in [0, 0.05) is 11.8 Å². The lowest BCUT2D eigenvalue weighted by Gasteiger charge is -2.04. The lowest BCUT2D eigenvalue weighted by atomic mass is 10.0. The van der Waals surface area contributed by atoms with Crippen LogP contribution in [0.5, 0.6) is 0 Å². The second kappa shape index (κ2) is 3.62. The van der Waals surface area contributed by atoms with Crippen LogP contribution in [-0.4, -0.2) is 4.98 Å². The van der Waals surface area contributed by atoms with Gasteiger partial charge in [0.2, 0.25) is 0 Å². The predicted octanol–water partition coefficient (Wildman–Crippen LogP) is 3.17. The van der Waals surface area contributed by atoms with Crippen LogP contribution >= 0.6 is 0 Å². The van der Waals surface area contributed by atoms with Crippen molar-refractivity contribution in [2.75, 3.05) is 0 Å². The summed E-state index contributed by atoms with van der Waals surface area (Å²) in [6.45, 7) is 4.15. The Bertz CT molecular complexity index is 530. The highest BCUT2D eigenvalue weighted by atomic mass is 14.7. The summed E-state index contributed by atoms with van der Waals surface area (Å²) in [4.78, 5) is 2.94. The second-order valence-corrected chi connectivity index (χ2v) is 3.73. The highest BCUT2D eigenvalue weighted by Crippen LogP contribution is 2.24. The number of hydrogen-bond donors (Lipinski definition) is 1. The molecule has 2 heteroatoms. The zero-order valence-corrected chi connectivity index (χ0v) is 8.83. The van der Waals surface area contributed by atoms with Gasteiger partial charge in [-0.2, -0.15) is 5.26 Å². The highest BCUT2D eigenvalue weighted by Gasteiger charge is 2.04. The third-order valence-corrected chi connectivity index (χ3v) is 2.51. The summed E-state index contributed by atoms with van der Waals surface area (Å²) in [5.74, 6) is 0. The first kappa shape index (κ1) is 9.54. The molecule has 1 N–H and O–H groups in total. The number of hydrogen-bond acceptors (Lipinski definition) is 1. The van der Waals surface area contributed by atoms with Gasteiger partial charge in [0.1, 0.15) is 11.8 Å². The van der Waals surface area contributed by atoms with Crippen molar-refractivity contribution in [1.82, 2.24) is 4.98 Å². The normalized spacial score (nSPS) is 9.93. The zero-order chi connectivity index (χ0) is 10.8. The van der Waals surface area contributed by atoms with Gasteiger partial charge in [0.25, 0.3) is 0 Å². The molecule has 0 unspecified atom stereocenters. The molecule has 0 saturated carbocycles. The van der Waals surface area contributed by atoms with Crippen LogP contribution in [0.2, 0.25) is 0 Å². The molecule has 0 bridgehead atoms. The van der Waals surface area contributed by atoms with Crippen LogP contribution in [-0.2, 0) is 0 Å². The van der Waals surface area contributed by atoms with E-state index in [1.165, 1.54) is 16.7 Å². The third-order valence-electron chi connectivity index (χ3n) is 2.51. The van der Waals surface area contributed by atoms with E-state index in [9.17, 15) is 0 Å². The number of H-pyrrole nitrogens is 1. The van der Waals surface area contributed by atoms with E-state index in [0.717, 1.165) is 5.56 Å². The van der Waals surface area contributed by atoms with Crippen molar-refractivity contribution in [3.05, 3.63) is 47.3 Å². The molecule has 0 fully saturated rings. The molecule has 0 spiro atoms. The largest absolute Gasteiger partial charge is 0.353 e. The number of benzene rings is 1. The summed E-state index contributed by atoms with van der Waals surface area (Å²) in [6, 6.07) is 10.3. The molecule has 0 amide bonds. The van der Waals surface area contributed by atoms with E-state index in [2.05, 4.69) is 43.1 Å². The Labute approximate surface area is 89.2 Å². The molecule has 0 saturated heterocycles. The van der Waals surface area contributed by atoms with Crippen molar-refractivity contribution in [2.24, 2.45) is 0 Å². The number of rotatable bonds is 1. The van der Waals surface area contributed by atoms with Gasteiger partial charge in [0.05, 0.1) is 0 Å². The van der Waals surface area contributed by atoms with Crippen molar-refractivity contribution in [1.29, 1.82) is 5.26 Å². The van der Waals surface area contributed by atoms with Crippen LogP contribution in [0, 0.1) is 25.2 Å². The molecule has 0 aliphatic rings. The molecule has 2 aromatic rings. The molecule has 0 aliphatic carbocycles. The fraction of sp³-hybridized carbons (Fsp3) is 0.154. The molecule has 0 radical (unpaired) electrons. The fourth-order valence-electron chi connectivity index (χ4n) is 1.66. The molecule has 2 rings (SSSR count). The van der Waals surface area contributed by atoms with Crippen LogP contribution in [0.4, 0.5) is 0 Å². The van der Waals surface area contributed by atoms with Crippen molar-refractivity contribution < 1.29 is 0 Å². The second-order valence-electron chi connectivity index (χ2n) is 3.73. The van der Waals surface area contributed by atoms with Crippen molar-refractivity contribution in [3.8, 4) is 17.2 Å². The van der Waals surface area contributed by atoms with Crippen molar-refractivity contribution >= 4 is 0 Å². The standard InChI is InChI=1S/C13H12N2/c1-9-3-4-10(2)13(5-9)11-6-12(7-14)15-8-11/h3-6,8,15H,1-2H3. The summed E-state index contributed by atoms with van der Waals surface area (Å²) >= 11 is 0. The molecular formula is C13H12N2. The minimum atomic E-state index is 0.603. The van der Waals surface area contributed by atoms with Crippen molar-refractivity contribution in [3.63, 3.8) is 0 Å². The Morgan fingerprint density at radius 1 is 1.20 bits per heavy atom. The average molecular weight is 196 g/mol.